The van der Waals surface area contributed by atoms with E-state index in [0.717, 1.165) is 85.2 Å². The number of allylic oxidation sites excluding steroid dienone is 2. The minimum atomic E-state index is 0.762. The maximum absolute atomic E-state index is 6.95. The lowest BCUT2D eigenvalue weighted by Crippen LogP contribution is -2.14. The molecule has 2 aliphatic heterocycles. The largest absolute Gasteiger partial charge is 0.456 e. The van der Waals surface area contributed by atoms with Gasteiger partial charge in [0.2, 0.25) is 0 Å². The Morgan fingerprint density at radius 3 is 2.00 bits per heavy atom. The molecule has 214 valence electrons. The molecule has 0 spiro atoms. The van der Waals surface area contributed by atoms with Crippen LogP contribution in [0.15, 0.2) is 146 Å². The van der Waals surface area contributed by atoms with Crippen LogP contribution in [0.25, 0.3) is 60.9 Å². The van der Waals surface area contributed by atoms with E-state index in [4.69, 9.17) is 9.47 Å². The first-order valence-electron chi connectivity index (χ1n) is 15.2. The Kier molecular flexibility index (Phi) is 5.85. The first kappa shape index (κ1) is 25.5. The molecule has 0 fully saturated rings. The van der Waals surface area contributed by atoms with Crippen molar-refractivity contribution in [1.29, 1.82) is 0 Å². The van der Waals surface area contributed by atoms with Gasteiger partial charge in [0.05, 0.1) is 5.52 Å². The van der Waals surface area contributed by atoms with E-state index in [0.29, 0.717) is 0 Å². The molecule has 3 heterocycles. The molecule has 7 aromatic rings. The number of benzene rings is 6. The average Bonchev–Trinajstić information content (AvgIpc) is 3.48. The molecular formula is C41H28N2O2. The van der Waals surface area contributed by atoms with Gasteiger partial charge in [-0.3, -0.25) is 0 Å². The highest BCUT2D eigenvalue weighted by Crippen LogP contribution is 2.50. The van der Waals surface area contributed by atoms with Crippen LogP contribution in [0.3, 0.4) is 0 Å². The molecule has 0 atom stereocenters. The molecule has 6 aromatic carbocycles. The van der Waals surface area contributed by atoms with Crippen molar-refractivity contribution in [2.75, 3.05) is 6.54 Å². The fourth-order valence-corrected chi connectivity index (χ4v) is 6.65. The van der Waals surface area contributed by atoms with Crippen LogP contribution in [0.5, 0.6) is 23.0 Å². The highest BCUT2D eigenvalue weighted by atomic mass is 16.5. The molecule has 9 rings (SSSR count). The van der Waals surface area contributed by atoms with E-state index in [2.05, 4.69) is 120 Å². The average molecular weight is 581 g/mol. The zero-order valence-corrected chi connectivity index (χ0v) is 24.4. The summed E-state index contributed by atoms with van der Waals surface area (Å²) in [4.78, 5) is 3.71. The number of H-pyrrole nitrogens is 1. The highest BCUT2D eigenvalue weighted by molar-refractivity contribution is 6.13. The SMILES string of the molecule is C1=CCNC(c2ccc3c(c2)Oc2ccccc2-c2ccccc2Oc2cccc(-c4cccc5c4[nH]c4ccccc45)c2-3)=C1. The number of nitrogens with one attached hydrogen (secondary N) is 2. The Morgan fingerprint density at radius 1 is 0.511 bits per heavy atom. The number of aromatic nitrogens is 1. The molecule has 45 heavy (non-hydrogen) atoms. The second-order valence-electron chi connectivity index (χ2n) is 11.4. The van der Waals surface area contributed by atoms with E-state index in [1.165, 1.54) is 10.8 Å². The third-order valence-corrected chi connectivity index (χ3v) is 8.73. The Hall–Kier alpha value is -6.00. The fourth-order valence-electron chi connectivity index (χ4n) is 6.65. The van der Waals surface area contributed by atoms with E-state index in [1.807, 2.05) is 36.4 Å². The third-order valence-electron chi connectivity index (χ3n) is 8.73. The molecule has 0 bridgehead atoms. The second kappa shape index (κ2) is 10.3. The molecular weight excluding hydrogens is 552 g/mol. The highest BCUT2D eigenvalue weighted by Gasteiger charge is 2.24. The Morgan fingerprint density at radius 2 is 1.18 bits per heavy atom. The van der Waals surface area contributed by atoms with Gasteiger partial charge in [-0.15, -0.1) is 0 Å². The third kappa shape index (κ3) is 4.22. The predicted molar refractivity (Wildman–Crippen MR) is 184 cm³/mol. The maximum atomic E-state index is 6.95. The van der Waals surface area contributed by atoms with Gasteiger partial charge in [-0.05, 0) is 48.0 Å². The Bertz CT molecular complexity index is 2340. The molecule has 1 aromatic heterocycles. The van der Waals surface area contributed by atoms with E-state index >= 15 is 0 Å². The summed E-state index contributed by atoms with van der Waals surface area (Å²) in [6, 6.07) is 44.1. The monoisotopic (exact) mass is 580 g/mol. The molecule has 0 unspecified atom stereocenters. The van der Waals surface area contributed by atoms with Crippen molar-refractivity contribution in [2.45, 2.75) is 0 Å². The predicted octanol–water partition coefficient (Wildman–Crippen LogP) is 10.7. The van der Waals surface area contributed by atoms with Crippen LogP contribution >= 0.6 is 0 Å². The van der Waals surface area contributed by atoms with Gasteiger partial charge in [0.1, 0.15) is 23.0 Å². The van der Waals surface area contributed by atoms with Gasteiger partial charge in [-0.25, -0.2) is 0 Å². The van der Waals surface area contributed by atoms with E-state index < -0.39 is 0 Å². The minimum Gasteiger partial charge on any atom is -0.456 e. The summed E-state index contributed by atoms with van der Waals surface area (Å²) in [6.45, 7) is 0.790. The fraction of sp³-hybridized carbons (Fsp3) is 0.0244. The number of fused-ring (bicyclic) bond motifs is 9. The van der Waals surface area contributed by atoms with Crippen molar-refractivity contribution in [3.8, 4) is 56.4 Å². The summed E-state index contributed by atoms with van der Waals surface area (Å²) in [5.41, 5.74) is 10.4. The van der Waals surface area contributed by atoms with Crippen LogP contribution in [-0.2, 0) is 0 Å². The number of hydrogen-bond acceptors (Lipinski definition) is 3. The summed E-state index contributed by atoms with van der Waals surface area (Å²) in [5.74, 6) is 3.08. The minimum absolute atomic E-state index is 0.762. The van der Waals surface area contributed by atoms with E-state index in [9.17, 15) is 0 Å². The van der Waals surface area contributed by atoms with E-state index in [-0.39, 0.29) is 0 Å². The van der Waals surface area contributed by atoms with Crippen LogP contribution in [0.2, 0.25) is 0 Å². The van der Waals surface area contributed by atoms with Crippen molar-refractivity contribution in [3.63, 3.8) is 0 Å². The zero-order chi connectivity index (χ0) is 29.7. The van der Waals surface area contributed by atoms with Crippen molar-refractivity contribution in [3.05, 3.63) is 151 Å². The first-order chi connectivity index (χ1) is 22.3. The van der Waals surface area contributed by atoms with Gasteiger partial charge >= 0.3 is 0 Å². The summed E-state index contributed by atoms with van der Waals surface area (Å²) < 4.78 is 13.9. The van der Waals surface area contributed by atoms with Crippen LogP contribution in [0.1, 0.15) is 5.56 Å². The molecule has 0 saturated carbocycles. The van der Waals surface area contributed by atoms with Crippen LogP contribution in [0, 0.1) is 0 Å². The van der Waals surface area contributed by atoms with Crippen LogP contribution in [-0.4, -0.2) is 11.5 Å². The first-order valence-corrected chi connectivity index (χ1v) is 15.2. The number of hydrogen-bond donors (Lipinski definition) is 2. The quantitative estimate of drug-likeness (QED) is 0.214. The van der Waals surface area contributed by atoms with Crippen molar-refractivity contribution >= 4 is 27.5 Å². The van der Waals surface area contributed by atoms with Gasteiger partial charge in [0.25, 0.3) is 0 Å². The normalized spacial score (nSPS) is 13.4. The number of aromatic amines is 1. The smallest absolute Gasteiger partial charge is 0.136 e. The number of para-hydroxylation sites is 4. The Labute approximate surface area is 260 Å². The molecule has 0 saturated heterocycles. The summed E-state index contributed by atoms with van der Waals surface area (Å²) >= 11 is 0. The number of ether oxygens (including phenoxy) is 2. The van der Waals surface area contributed by atoms with Gasteiger partial charge in [-0.2, -0.15) is 0 Å². The van der Waals surface area contributed by atoms with E-state index in [1.54, 1.807) is 0 Å². The molecule has 0 aliphatic carbocycles. The zero-order valence-electron chi connectivity index (χ0n) is 24.4. The standard InChI is InChI=1S/C41H28N2O2/c1-4-18-35-27(11-1)31-15-9-16-32(41(31)43-35)30-14-10-21-38-40(30)33-23-22-26(34-17-7-8-24-42-34)25-39(33)45-37-20-6-3-13-29(37)28-12-2-5-19-36(28)44-38/h1-23,25,42-43H,24H2. The summed E-state index contributed by atoms with van der Waals surface area (Å²) in [7, 11) is 0. The lowest BCUT2D eigenvalue weighted by atomic mass is 9.90. The lowest BCUT2D eigenvalue weighted by molar-refractivity contribution is 0.472. The molecule has 0 radical (unpaired) electrons. The van der Waals surface area contributed by atoms with Gasteiger partial charge in [-0.1, -0.05) is 103 Å². The van der Waals surface area contributed by atoms with Crippen LogP contribution < -0.4 is 14.8 Å². The molecule has 4 nitrogen and oxygen atoms in total. The summed E-state index contributed by atoms with van der Waals surface area (Å²) in [6.07, 6.45) is 6.31. The number of rotatable bonds is 2. The molecule has 4 heteroatoms. The molecule has 2 aliphatic rings. The molecule has 0 amide bonds. The molecule has 2 N–H and O–H groups in total. The van der Waals surface area contributed by atoms with Crippen molar-refractivity contribution in [1.82, 2.24) is 10.3 Å². The van der Waals surface area contributed by atoms with Gasteiger partial charge in [0, 0.05) is 61.9 Å². The Balaban J connectivity index is 1.35. The van der Waals surface area contributed by atoms with Crippen molar-refractivity contribution < 1.29 is 9.47 Å². The topological polar surface area (TPSA) is 46.3 Å². The maximum Gasteiger partial charge on any atom is 0.136 e. The van der Waals surface area contributed by atoms with Gasteiger partial charge < -0.3 is 19.8 Å². The van der Waals surface area contributed by atoms with Crippen molar-refractivity contribution in [2.24, 2.45) is 0 Å². The lowest BCUT2D eigenvalue weighted by Gasteiger charge is -2.24. The van der Waals surface area contributed by atoms with Gasteiger partial charge in [0.15, 0.2) is 0 Å². The second-order valence-corrected chi connectivity index (χ2v) is 11.4. The number of dihydropyridines is 1. The van der Waals surface area contributed by atoms with Crippen LogP contribution in [0.4, 0.5) is 0 Å². The summed E-state index contributed by atoms with van der Waals surface area (Å²) in [5, 5.41) is 5.90.